The summed E-state index contributed by atoms with van der Waals surface area (Å²) in [5, 5.41) is 13.9. The molecule has 1 saturated carbocycles. The molecule has 0 amide bonds. The number of aliphatic hydroxyl groups excluding tert-OH is 1. The summed E-state index contributed by atoms with van der Waals surface area (Å²) in [7, 11) is 0. The van der Waals surface area contributed by atoms with Gasteiger partial charge in [-0.05, 0) is 24.5 Å². The number of aliphatic hydroxyl groups is 1. The second kappa shape index (κ2) is 6.77. The smallest absolute Gasteiger partial charge is 0.0741 e. The van der Waals surface area contributed by atoms with E-state index in [1.165, 1.54) is 24.0 Å². The van der Waals surface area contributed by atoms with Gasteiger partial charge in [0.05, 0.1) is 12.1 Å². The van der Waals surface area contributed by atoms with E-state index in [0.717, 1.165) is 24.9 Å². The Hall–Kier alpha value is -1.80. The fourth-order valence-corrected chi connectivity index (χ4v) is 3.13. The predicted molar refractivity (Wildman–Crippen MR) is 88.4 cm³/mol. The lowest BCUT2D eigenvalue weighted by molar-refractivity contribution is 0.144. The van der Waals surface area contributed by atoms with E-state index in [0.29, 0.717) is 0 Å². The van der Waals surface area contributed by atoms with E-state index in [1.54, 1.807) is 0 Å². The van der Waals surface area contributed by atoms with E-state index >= 15 is 0 Å². The highest BCUT2D eigenvalue weighted by Gasteiger charge is 2.22. The van der Waals surface area contributed by atoms with E-state index in [9.17, 15) is 5.11 Å². The predicted octanol–water partition coefficient (Wildman–Crippen LogP) is 4.46. The summed E-state index contributed by atoms with van der Waals surface area (Å²) in [6.07, 6.45) is 5.28. The maximum Gasteiger partial charge on any atom is 0.0741 e. The number of hydrogen-bond donors (Lipinski definition) is 2. The van der Waals surface area contributed by atoms with Gasteiger partial charge in [-0.15, -0.1) is 0 Å². The summed E-state index contributed by atoms with van der Waals surface area (Å²) < 4.78 is 0. The third kappa shape index (κ3) is 3.45. The summed E-state index contributed by atoms with van der Waals surface area (Å²) >= 11 is 0. The van der Waals surface area contributed by atoms with E-state index in [1.807, 2.05) is 6.07 Å². The third-order valence-corrected chi connectivity index (χ3v) is 4.33. The van der Waals surface area contributed by atoms with Gasteiger partial charge in [-0.1, -0.05) is 67.8 Å². The van der Waals surface area contributed by atoms with E-state index in [-0.39, 0.29) is 12.1 Å². The molecule has 0 spiro atoms. The number of rotatable bonds is 3. The fourth-order valence-electron chi connectivity index (χ4n) is 3.13. The molecule has 2 nitrogen and oxygen atoms in total. The Morgan fingerprint density at radius 1 is 0.810 bits per heavy atom. The van der Waals surface area contributed by atoms with Crippen LogP contribution in [-0.2, 0) is 0 Å². The van der Waals surface area contributed by atoms with Gasteiger partial charge in [0.1, 0.15) is 0 Å². The van der Waals surface area contributed by atoms with E-state index < -0.39 is 0 Å². The fraction of sp³-hybridized carbons (Fsp3) is 0.368. The van der Waals surface area contributed by atoms with Crippen LogP contribution >= 0.6 is 0 Å². The molecular formula is C19H23NO. The van der Waals surface area contributed by atoms with Crippen LogP contribution < -0.4 is 5.32 Å². The molecular weight excluding hydrogens is 258 g/mol. The quantitative estimate of drug-likeness (QED) is 0.814. The van der Waals surface area contributed by atoms with Crippen molar-refractivity contribution < 1.29 is 5.11 Å². The molecule has 2 heteroatoms. The first-order chi connectivity index (χ1) is 10.3. The minimum atomic E-state index is -0.240. The van der Waals surface area contributed by atoms with Gasteiger partial charge in [0.25, 0.3) is 0 Å². The van der Waals surface area contributed by atoms with Crippen LogP contribution in [0.5, 0.6) is 0 Å². The Morgan fingerprint density at radius 3 is 2.38 bits per heavy atom. The standard InChI is InChI=1S/C19H23NO/c21-19-14-6-2-5-13-18(19)20-17-12-8-7-11-16(17)15-9-3-1-4-10-15/h1,3-4,7-12,18-21H,2,5-6,13-14H2. The van der Waals surface area contributed by atoms with Gasteiger partial charge in [0, 0.05) is 11.3 Å². The minimum Gasteiger partial charge on any atom is -0.391 e. The molecule has 0 radical (unpaired) electrons. The Kier molecular flexibility index (Phi) is 4.56. The number of para-hydroxylation sites is 1. The number of hydrogen-bond acceptors (Lipinski definition) is 2. The molecule has 1 aliphatic carbocycles. The van der Waals surface area contributed by atoms with Crippen molar-refractivity contribution in [3.05, 3.63) is 54.6 Å². The maximum atomic E-state index is 10.3. The van der Waals surface area contributed by atoms with Crippen molar-refractivity contribution in [2.75, 3.05) is 5.32 Å². The van der Waals surface area contributed by atoms with Crippen molar-refractivity contribution in [3.63, 3.8) is 0 Å². The Balaban J connectivity index is 1.85. The topological polar surface area (TPSA) is 32.3 Å². The van der Waals surface area contributed by atoms with Gasteiger partial charge >= 0.3 is 0 Å². The summed E-state index contributed by atoms with van der Waals surface area (Å²) in [4.78, 5) is 0. The lowest BCUT2D eigenvalue weighted by Crippen LogP contribution is -2.32. The molecule has 2 unspecified atom stereocenters. The van der Waals surface area contributed by atoms with Crippen molar-refractivity contribution in [3.8, 4) is 11.1 Å². The molecule has 2 atom stereocenters. The number of benzene rings is 2. The highest BCUT2D eigenvalue weighted by molar-refractivity contribution is 5.77. The zero-order chi connectivity index (χ0) is 14.5. The van der Waals surface area contributed by atoms with Crippen LogP contribution in [0.1, 0.15) is 32.1 Å². The normalized spacial score (nSPS) is 22.5. The van der Waals surface area contributed by atoms with Crippen LogP contribution in [0.25, 0.3) is 11.1 Å². The molecule has 0 aliphatic heterocycles. The average Bonchev–Trinajstić information content (AvgIpc) is 2.74. The van der Waals surface area contributed by atoms with Crippen LogP contribution in [0, 0.1) is 0 Å². The minimum absolute atomic E-state index is 0.164. The average molecular weight is 281 g/mol. The van der Waals surface area contributed by atoms with Crippen molar-refractivity contribution >= 4 is 5.69 Å². The summed E-state index contributed by atoms with van der Waals surface area (Å²) in [5.41, 5.74) is 3.54. The molecule has 2 aromatic carbocycles. The second-order valence-corrected chi connectivity index (χ2v) is 5.87. The molecule has 110 valence electrons. The van der Waals surface area contributed by atoms with Gasteiger partial charge in [-0.3, -0.25) is 0 Å². The summed E-state index contributed by atoms with van der Waals surface area (Å²) in [6, 6.07) is 19.0. The van der Waals surface area contributed by atoms with Crippen LogP contribution in [0.3, 0.4) is 0 Å². The highest BCUT2D eigenvalue weighted by Crippen LogP contribution is 2.30. The molecule has 21 heavy (non-hydrogen) atoms. The molecule has 0 saturated heterocycles. The van der Waals surface area contributed by atoms with Crippen molar-refractivity contribution in [2.45, 2.75) is 44.2 Å². The highest BCUT2D eigenvalue weighted by atomic mass is 16.3. The lowest BCUT2D eigenvalue weighted by Gasteiger charge is -2.24. The zero-order valence-corrected chi connectivity index (χ0v) is 12.3. The Labute approximate surface area is 126 Å². The zero-order valence-electron chi connectivity index (χ0n) is 12.3. The SMILES string of the molecule is OC1CCCCCC1Nc1ccccc1-c1ccccc1. The molecule has 1 fully saturated rings. The molecule has 0 aromatic heterocycles. The van der Waals surface area contributed by atoms with Crippen LogP contribution in [0.15, 0.2) is 54.6 Å². The molecule has 0 bridgehead atoms. The van der Waals surface area contributed by atoms with Gasteiger partial charge in [-0.25, -0.2) is 0 Å². The maximum absolute atomic E-state index is 10.3. The van der Waals surface area contributed by atoms with Gasteiger partial charge in [0.2, 0.25) is 0 Å². The first kappa shape index (κ1) is 14.2. The molecule has 3 rings (SSSR count). The molecule has 2 aromatic rings. The first-order valence-corrected chi connectivity index (χ1v) is 7.93. The van der Waals surface area contributed by atoms with Gasteiger partial charge < -0.3 is 10.4 Å². The van der Waals surface area contributed by atoms with Crippen molar-refractivity contribution in [1.29, 1.82) is 0 Å². The summed E-state index contributed by atoms with van der Waals surface area (Å²) in [5.74, 6) is 0. The largest absolute Gasteiger partial charge is 0.391 e. The molecule has 2 N–H and O–H groups in total. The number of anilines is 1. The van der Waals surface area contributed by atoms with Crippen molar-refractivity contribution in [2.24, 2.45) is 0 Å². The second-order valence-electron chi connectivity index (χ2n) is 5.87. The summed E-state index contributed by atoms with van der Waals surface area (Å²) in [6.45, 7) is 0. The monoisotopic (exact) mass is 281 g/mol. The van der Waals surface area contributed by atoms with E-state index in [2.05, 4.69) is 53.8 Å². The third-order valence-electron chi connectivity index (χ3n) is 4.33. The molecule has 0 heterocycles. The Bertz CT molecular complexity index is 567. The number of nitrogens with one attached hydrogen (secondary N) is 1. The van der Waals surface area contributed by atoms with Crippen LogP contribution in [0.2, 0.25) is 0 Å². The van der Waals surface area contributed by atoms with Gasteiger partial charge in [0.15, 0.2) is 0 Å². The van der Waals surface area contributed by atoms with Gasteiger partial charge in [-0.2, -0.15) is 0 Å². The van der Waals surface area contributed by atoms with Crippen LogP contribution in [0.4, 0.5) is 5.69 Å². The lowest BCUT2D eigenvalue weighted by atomic mass is 10.0. The Morgan fingerprint density at radius 2 is 1.52 bits per heavy atom. The van der Waals surface area contributed by atoms with Crippen LogP contribution in [-0.4, -0.2) is 17.3 Å². The molecule has 1 aliphatic rings. The first-order valence-electron chi connectivity index (χ1n) is 7.93. The van der Waals surface area contributed by atoms with E-state index in [4.69, 9.17) is 0 Å². The van der Waals surface area contributed by atoms with Crippen molar-refractivity contribution in [1.82, 2.24) is 0 Å².